The predicted molar refractivity (Wildman–Crippen MR) is 63.5 cm³/mol. The van der Waals surface area contributed by atoms with Gasteiger partial charge in [-0.05, 0) is 0 Å². The second kappa shape index (κ2) is 4.41. The molecule has 3 atom stereocenters. The first kappa shape index (κ1) is 12.3. The van der Waals surface area contributed by atoms with Gasteiger partial charge in [0.2, 0.25) is 0 Å². The van der Waals surface area contributed by atoms with Gasteiger partial charge >= 0.3 is 0 Å². The topological polar surface area (TPSA) is 106 Å². The van der Waals surface area contributed by atoms with E-state index in [1.807, 2.05) is 0 Å². The number of hydrogen-bond donors (Lipinski definition) is 3. The zero-order valence-corrected chi connectivity index (χ0v) is 9.90. The van der Waals surface area contributed by atoms with E-state index < -0.39 is 24.3 Å². The minimum absolute atomic E-state index is 0.0542. The average molecular weight is 268 g/mol. The zero-order valence-electron chi connectivity index (χ0n) is 9.90. The van der Waals surface area contributed by atoms with E-state index in [0.717, 1.165) is 0 Å². The van der Waals surface area contributed by atoms with Crippen molar-refractivity contribution in [1.29, 1.82) is 0 Å². The van der Waals surface area contributed by atoms with Crippen molar-refractivity contribution in [3.63, 3.8) is 0 Å². The number of hydrogen-bond acceptors (Lipinski definition) is 6. The van der Waals surface area contributed by atoms with Crippen LogP contribution in [0.25, 0.3) is 11.0 Å². The Kier molecular flexibility index (Phi) is 2.85. The number of nitrogens with zero attached hydrogens (tertiary/aromatic N) is 3. The number of ether oxygens (including phenoxy) is 1. The maximum Gasteiger partial charge on any atom is 0.154 e. The van der Waals surface area contributed by atoms with Crippen LogP contribution >= 0.6 is 0 Å². The highest BCUT2D eigenvalue weighted by molar-refractivity contribution is 5.86. The first-order valence-corrected chi connectivity index (χ1v) is 5.82. The second-order valence-electron chi connectivity index (χ2n) is 4.46. The summed E-state index contributed by atoms with van der Waals surface area (Å²) in [5.41, 5.74) is 5.92. The van der Waals surface area contributed by atoms with Gasteiger partial charge in [0.05, 0.1) is 18.1 Å². The Labute approximate surface area is 107 Å². The molecule has 0 saturated carbocycles. The smallest absolute Gasteiger partial charge is 0.154 e. The van der Waals surface area contributed by atoms with Gasteiger partial charge in [0.15, 0.2) is 11.5 Å². The van der Waals surface area contributed by atoms with Crippen LogP contribution < -0.4 is 5.73 Å². The summed E-state index contributed by atoms with van der Waals surface area (Å²) in [5, 5.41) is 18.9. The molecule has 0 aliphatic carbocycles. The summed E-state index contributed by atoms with van der Waals surface area (Å²) < 4.78 is 20.8. The average Bonchev–Trinajstić information content (AvgIpc) is 2.91. The van der Waals surface area contributed by atoms with Crippen LogP contribution in [0.4, 0.5) is 10.2 Å². The summed E-state index contributed by atoms with van der Waals surface area (Å²) in [6.07, 6.45) is 0.640. The highest BCUT2D eigenvalue weighted by atomic mass is 19.1. The van der Waals surface area contributed by atoms with Gasteiger partial charge in [-0.15, -0.1) is 0 Å². The lowest BCUT2D eigenvalue weighted by molar-refractivity contribution is -0.0431. The number of aliphatic hydroxyl groups is 2. The molecule has 7 nitrogen and oxygen atoms in total. The summed E-state index contributed by atoms with van der Waals surface area (Å²) in [6, 6.07) is 0. The molecule has 0 radical (unpaired) electrons. The Morgan fingerprint density at radius 1 is 1.53 bits per heavy atom. The molecule has 1 fully saturated rings. The Morgan fingerprint density at radius 2 is 2.32 bits per heavy atom. The van der Waals surface area contributed by atoms with Crippen molar-refractivity contribution in [2.45, 2.75) is 24.9 Å². The molecule has 19 heavy (non-hydrogen) atoms. The van der Waals surface area contributed by atoms with E-state index in [2.05, 4.69) is 9.97 Å². The summed E-state index contributed by atoms with van der Waals surface area (Å²) in [4.78, 5) is 7.73. The first-order chi connectivity index (χ1) is 9.11. The van der Waals surface area contributed by atoms with Crippen LogP contribution in [0.2, 0.25) is 0 Å². The molecular formula is C11H13FN4O3. The normalized spacial score (nSPS) is 27.2. The molecule has 1 aliphatic heterocycles. The third kappa shape index (κ3) is 1.84. The Balaban J connectivity index is 2.05. The maximum atomic E-state index is 13.8. The van der Waals surface area contributed by atoms with Crippen molar-refractivity contribution < 1.29 is 19.3 Å². The van der Waals surface area contributed by atoms with Gasteiger partial charge in [0, 0.05) is 12.6 Å². The molecule has 1 saturated heterocycles. The molecule has 102 valence electrons. The van der Waals surface area contributed by atoms with Gasteiger partial charge in [-0.1, -0.05) is 0 Å². The minimum Gasteiger partial charge on any atom is -0.394 e. The molecule has 3 rings (SSSR count). The van der Waals surface area contributed by atoms with E-state index in [1.54, 1.807) is 0 Å². The van der Waals surface area contributed by atoms with Crippen molar-refractivity contribution >= 4 is 16.9 Å². The van der Waals surface area contributed by atoms with Gasteiger partial charge in [-0.3, -0.25) is 0 Å². The van der Waals surface area contributed by atoms with E-state index >= 15 is 0 Å². The third-order valence-electron chi connectivity index (χ3n) is 3.29. The number of aromatic nitrogens is 3. The second-order valence-corrected chi connectivity index (χ2v) is 4.46. The largest absolute Gasteiger partial charge is 0.394 e. The minimum atomic E-state index is -0.797. The number of anilines is 1. The number of halogens is 1. The molecule has 4 N–H and O–H groups in total. The van der Waals surface area contributed by atoms with E-state index in [4.69, 9.17) is 15.6 Å². The molecule has 3 heterocycles. The van der Waals surface area contributed by atoms with Crippen LogP contribution in [0.15, 0.2) is 12.5 Å². The lowest BCUT2D eigenvalue weighted by Crippen LogP contribution is -2.24. The van der Waals surface area contributed by atoms with E-state index in [0.29, 0.717) is 5.65 Å². The van der Waals surface area contributed by atoms with Gasteiger partial charge in [0.25, 0.3) is 0 Å². The van der Waals surface area contributed by atoms with E-state index in [1.165, 1.54) is 17.1 Å². The Bertz CT molecular complexity index is 617. The van der Waals surface area contributed by atoms with Crippen molar-refractivity contribution in [1.82, 2.24) is 14.5 Å². The highest BCUT2D eigenvalue weighted by Crippen LogP contribution is 2.33. The van der Waals surface area contributed by atoms with Crippen LogP contribution in [0.5, 0.6) is 0 Å². The van der Waals surface area contributed by atoms with Crippen LogP contribution in [0, 0.1) is 5.82 Å². The van der Waals surface area contributed by atoms with Gasteiger partial charge < -0.3 is 25.3 Å². The van der Waals surface area contributed by atoms with Gasteiger partial charge in [0.1, 0.15) is 24.5 Å². The molecule has 2 aromatic heterocycles. The van der Waals surface area contributed by atoms with Crippen molar-refractivity contribution in [2.75, 3.05) is 12.3 Å². The molecule has 1 aliphatic rings. The van der Waals surface area contributed by atoms with Crippen LogP contribution in [0.3, 0.4) is 0 Å². The first-order valence-electron chi connectivity index (χ1n) is 5.82. The Hall–Kier alpha value is -1.77. The zero-order chi connectivity index (χ0) is 13.6. The predicted octanol–water partition coefficient (Wildman–Crippen LogP) is -0.207. The summed E-state index contributed by atoms with van der Waals surface area (Å²) in [6.45, 7) is -0.295. The van der Waals surface area contributed by atoms with Crippen LogP contribution in [0.1, 0.15) is 12.6 Å². The van der Waals surface area contributed by atoms with E-state index in [9.17, 15) is 9.50 Å². The monoisotopic (exact) mass is 268 g/mol. The van der Waals surface area contributed by atoms with Crippen LogP contribution in [-0.2, 0) is 4.74 Å². The number of aliphatic hydroxyl groups excluding tert-OH is 2. The standard InChI is InChI=1S/C11H13FN4O3/c12-5-2-16(8-1-6(18)7(3-17)19-8)11-9(5)10(13)14-4-15-11/h2,4,6-8,17-18H,1,3H2,(H2,13,14,15)/t6?,7-,8-/m1/s1. The SMILES string of the molecule is Nc1ncnc2c1c(F)cn2[C@H]1CC(O)[C@@H](CO)O1. The highest BCUT2D eigenvalue weighted by Gasteiger charge is 2.35. The maximum absolute atomic E-state index is 13.8. The summed E-state index contributed by atoms with van der Waals surface area (Å²) in [7, 11) is 0. The quantitative estimate of drug-likeness (QED) is 0.696. The molecule has 2 aromatic rings. The number of rotatable bonds is 2. The fourth-order valence-electron chi connectivity index (χ4n) is 2.33. The van der Waals surface area contributed by atoms with Gasteiger partial charge in [-0.2, -0.15) is 0 Å². The van der Waals surface area contributed by atoms with Gasteiger partial charge in [-0.25, -0.2) is 14.4 Å². The molecule has 0 amide bonds. The number of nitrogen functional groups attached to an aromatic ring is 1. The molecule has 0 aromatic carbocycles. The fourth-order valence-corrected chi connectivity index (χ4v) is 2.33. The molecule has 0 bridgehead atoms. The van der Waals surface area contributed by atoms with Crippen molar-refractivity contribution in [3.05, 3.63) is 18.3 Å². The molecule has 1 unspecified atom stereocenters. The summed E-state index contributed by atoms with van der Waals surface area (Å²) in [5.74, 6) is -0.489. The lowest BCUT2D eigenvalue weighted by Gasteiger charge is -2.14. The molecule has 0 spiro atoms. The van der Waals surface area contributed by atoms with E-state index in [-0.39, 0.29) is 24.2 Å². The molecular weight excluding hydrogens is 255 g/mol. The van der Waals surface area contributed by atoms with Crippen molar-refractivity contribution in [2.24, 2.45) is 0 Å². The fraction of sp³-hybridized carbons (Fsp3) is 0.455. The molecule has 8 heteroatoms. The lowest BCUT2D eigenvalue weighted by atomic mass is 10.2. The summed E-state index contributed by atoms with van der Waals surface area (Å²) >= 11 is 0. The third-order valence-corrected chi connectivity index (χ3v) is 3.29. The van der Waals surface area contributed by atoms with Crippen molar-refractivity contribution in [3.8, 4) is 0 Å². The Morgan fingerprint density at radius 3 is 3.00 bits per heavy atom. The number of nitrogens with two attached hydrogens (primary N) is 1. The number of fused-ring (bicyclic) bond motifs is 1. The van der Waals surface area contributed by atoms with Crippen LogP contribution in [-0.4, -0.2) is 43.6 Å².